The Morgan fingerprint density at radius 2 is 0.512 bits per heavy atom. The lowest BCUT2D eigenvalue weighted by Crippen LogP contribution is -1.96. The highest BCUT2D eigenvalue weighted by Crippen LogP contribution is 2.24. The molecule has 0 aromatic heterocycles. The third kappa shape index (κ3) is 40.1. The molecule has 6 aromatic carbocycles. The first-order chi connectivity index (χ1) is 40.1. The van der Waals surface area contributed by atoms with Crippen LogP contribution in [0.25, 0.3) is 0 Å². The van der Waals surface area contributed by atoms with E-state index in [-0.39, 0.29) is 11.6 Å². The minimum atomic E-state index is 0.144. The number of hydrogen-bond donors (Lipinski definition) is 0. The molecule has 6 atom stereocenters. The van der Waals surface area contributed by atoms with Gasteiger partial charge >= 0.3 is 0 Å². The van der Waals surface area contributed by atoms with Crippen molar-refractivity contribution in [3.05, 3.63) is 211 Å². The lowest BCUT2D eigenvalue weighted by molar-refractivity contribution is 0.100. The van der Waals surface area contributed by atoms with Gasteiger partial charge in [0.15, 0.2) is 11.6 Å². The third-order valence-electron chi connectivity index (χ3n) is 14.9. The van der Waals surface area contributed by atoms with Gasteiger partial charge < -0.3 is 0 Å². The largest absolute Gasteiger partial charge is 0.295 e. The van der Waals surface area contributed by atoms with E-state index in [0.717, 1.165) is 24.0 Å². The number of ketones is 2. The molecule has 0 N–H and O–H groups in total. The Balaban J connectivity index is -0.000000209. The Labute approximate surface area is 525 Å². The minimum Gasteiger partial charge on any atom is -0.295 e. The van der Waals surface area contributed by atoms with E-state index < -0.39 is 0 Å². The van der Waals surface area contributed by atoms with Crippen LogP contribution in [0.4, 0.5) is 0 Å². The number of aryl methyl sites for hydroxylation is 6. The zero-order valence-corrected chi connectivity index (χ0v) is 61.2. The summed E-state index contributed by atoms with van der Waals surface area (Å²) < 4.78 is 0. The van der Waals surface area contributed by atoms with Crippen LogP contribution in [0.5, 0.6) is 0 Å². The molecule has 2 nitrogen and oxygen atoms in total. The SMILES string of the molecule is CC.CC.CC.CC.CC.CC.CCC(C)c1ccc(C)c(C)c1.CCC(C)c1ccc(C)c(C)c1.CCC(C)c1ccc(C)cc1.CCC(C)c1cccc(C(C)=O)c1.CCC(C)c1cccc(C(C)=O)c1.CCC(C)c1cccc(C)c1. The standard InChI is InChI=1S/2C12H16O.2C12H18.2C11H16.6C2H6/c2*1-4-9(2)11-6-5-7-12(8-11)10(3)13;2*1-5-9(2)12-7-6-10(3)11(4)8-12;1-4-10(3)11-7-5-9(2)6-8-11;1-4-10(3)11-7-5-6-9(2)8-11;6*1-2/h2*5-9H,4H2,1-3H3;2*6-9H,5H2,1-4H3;2*5-8,10H,4H2,1-3H3;6*1-2H3. The van der Waals surface area contributed by atoms with Crippen LogP contribution in [-0.4, -0.2) is 11.6 Å². The zero-order chi connectivity index (χ0) is 66.5. The van der Waals surface area contributed by atoms with Gasteiger partial charge in [-0.2, -0.15) is 0 Å². The van der Waals surface area contributed by atoms with E-state index in [1.165, 1.54) is 92.4 Å². The second kappa shape index (κ2) is 58.1. The molecule has 476 valence electrons. The number of hydrogen-bond acceptors (Lipinski definition) is 2. The second-order valence-electron chi connectivity index (χ2n) is 20.7. The Morgan fingerprint density at radius 3 is 0.762 bits per heavy atom. The van der Waals surface area contributed by atoms with Crippen molar-refractivity contribution in [2.24, 2.45) is 0 Å². The molecule has 0 fully saturated rings. The highest BCUT2D eigenvalue weighted by Gasteiger charge is 2.08. The normalized spacial score (nSPS) is 11.4. The van der Waals surface area contributed by atoms with Crippen LogP contribution >= 0.6 is 0 Å². The molecule has 0 heterocycles. The third-order valence-corrected chi connectivity index (χ3v) is 14.9. The summed E-state index contributed by atoms with van der Waals surface area (Å²) in [7, 11) is 0. The number of benzene rings is 6. The van der Waals surface area contributed by atoms with Crippen molar-refractivity contribution in [3.8, 4) is 0 Å². The van der Waals surface area contributed by atoms with Crippen LogP contribution in [0.15, 0.2) is 133 Å². The van der Waals surface area contributed by atoms with Crippen molar-refractivity contribution in [2.45, 2.75) is 296 Å². The van der Waals surface area contributed by atoms with Crippen molar-refractivity contribution in [1.29, 1.82) is 0 Å². The van der Waals surface area contributed by atoms with Gasteiger partial charge in [-0.25, -0.2) is 0 Å². The molecule has 0 aliphatic carbocycles. The smallest absolute Gasteiger partial charge is 0.159 e. The lowest BCUT2D eigenvalue weighted by atomic mass is 9.95. The molecule has 0 aliphatic heterocycles. The predicted octanol–water partition coefficient (Wildman–Crippen LogP) is 27.6. The highest BCUT2D eigenvalue weighted by molar-refractivity contribution is 5.94. The zero-order valence-electron chi connectivity index (χ0n) is 61.2. The number of Topliss-reactive ketones (excluding diaryl/α,β-unsaturated/α-hetero) is 2. The lowest BCUT2D eigenvalue weighted by Gasteiger charge is -2.10. The molecule has 0 saturated heterocycles. The van der Waals surface area contributed by atoms with Gasteiger partial charge in [0.2, 0.25) is 0 Å². The Kier molecular flexibility index (Phi) is 62.1. The van der Waals surface area contributed by atoms with E-state index in [4.69, 9.17) is 0 Å². The summed E-state index contributed by atoms with van der Waals surface area (Å²) in [5.74, 6) is 4.17. The molecule has 0 radical (unpaired) electrons. The summed E-state index contributed by atoms with van der Waals surface area (Å²) in [5.41, 5.74) is 18.3. The summed E-state index contributed by atoms with van der Waals surface area (Å²) in [6.45, 7) is 66.9. The Morgan fingerprint density at radius 1 is 0.274 bits per heavy atom. The number of carbonyl (C=O) groups is 2. The van der Waals surface area contributed by atoms with Crippen LogP contribution in [0.1, 0.15) is 342 Å². The van der Waals surface area contributed by atoms with E-state index in [9.17, 15) is 9.59 Å². The average molecular weight is 1150 g/mol. The van der Waals surface area contributed by atoms with Gasteiger partial charge in [-0.05, 0) is 197 Å². The molecule has 2 heteroatoms. The van der Waals surface area contributed by atoms with Crippen molar-refractivity contribution in [1.82, 2.24) is 0 Å². The highest BCUT2D eigenvalue weighted by atomic mass is 16.1. The van der Waals surface area contributed by atoms with Gasteiger partial charge in [0, 0.05) is 11.1 Å². The first kappa shape index (κ1) is 89.9. The quantitative estimate of drug-likeness (QED) is 0.102. The maximum atomic E-state index is 11.1. The molecule has 6 aromatic rings. The van der Waals surface area contributed by atoms with Crippen LogP contribution in [-0.2, 0) is 0 Å². The van der Waals surface area contributed by atoms with Gasteiger partial charge in [-0.15, -0.1) is 0 Å². The van der Waals surface area contributed by atoms with Gasteiger partial charge in [0.1, 0.15) is 0 Å². The molecule has 6 rings (SSSR count). The van der Waals surface area contributed by atoms with Crippen LogP contribution < -0.4 is 0 Å². The summed E-state index contributed by atoms with van der Waals surface area (Å²) in [6.07, 6.45) is 7.13. The summed E-state index contributed by atoms with van der Waals surface area (Å²) >= 11 is 0. The van der Waals surface area contributed by atoms with Crippen molar-refractivity contribution in [3.63, 3.8) is 0 Å². The maximum absolute atomic E-state index is 11.1. The average Bonchev–Trinajstić information content (AvgIpc) is 3.54. The Hall–Kier alpha value is -5.34. The fraction of sp³-hybridized carbons (Fsp3) is 0.537. The molecule has 0 bridgehead atoms. The van der Waals surface area contributed by atoms with Gasteiger partial charge in [-0.1, -0.05) is 299 Å². The molecule has 84 heavy (non-hydrogen) atoms. The molecule has 6 unspecified atom stereocenters. The second-order valence-corrected chi connectivity index (χ2v) is 20.7. The maximum Gasteiger partial charge on any atom is 0.159 e. The van der Waals surface area contributed by atoms with E-state index in [0.29, 0.717) is 35.5 Å². The van der Waals surface area contributed by atoms with Crippen molar-refractivity contribution in [2.75, 3.05) is 0 Å². The summed E-state index contributed by atoms with van der Waals surface area (Å²) in [4.78, 5) is 22.2. The van der Waals surface area contributed by atoms with Crippen LogP contribution in [0.3, 0.4) is 0 Å². The fourth-order valence-electron chi connectivity index (χ4n) is 7.56. The van der Waals surface area contributed by atoms with Crippen LogP contribution in [0, 0.1) is 41.5 Å². The topological polar surface area (TPSA) is 34.1 Å². The minimum absolute atomic E-state index is 0.144. The van der Waals surface area contributed by atoms with Crippen molar-refractivity contribution < 1.29 is 9.59 Å². The van der Waals surface area contributed by atoms with Crippen LogP contribution in [0.2, 0.25) is 0 Å². The Bertz CT molecular complexity index is 2330. The van der Waals surface area contributed by atoms with Crippen molar-refractivity contribution >= 4 is 11.6 Å². The first-order valence-corrected chi connectivity index (χ1v) is 33.6. The van der Waals surface area contributed by atoms with E-state index >= 15 is 0 Å². The summed E-state index contributed by atoms with van der Waals surface area (Å²) in [6, 6.07) is 46.9. The summed E-state index contributed by atoms with van der Waals surface area (Å²) in [5, 5.41) is 0. The van der Waals surface area contributed by atoms with E-state index in [1.54, 1.807) is 13.8 Å². The number of rotatable bonds is 14. The fourth-order valence-corrected chi connectivity index (χ4v) is 7.56. The van der Waals surface area contributed by atoms with Gasteiger partial charge in [0.25, 0.3) is 0 Å². The molecule has 0 saturated carbocycles. The van der Waals surface area contributed by atoms with E-state index in [1.807, 2.05) is 119 Å². The number of carbonyl (C=O) groups excluding carboxylic acids is 2. The molecule has 0 aliphatic rings. The molecular formula is C82H136O2. The monoisotopic (exact) mass is 1150 g/mol. The predicted molar refractivity (Wildman–Crippen MR) is 387 cm³/mol. The van der Waals surface area contributed by atoms with Gasteiger partial charge in [0.05, 0.1) is 0 Å². The molecule has 0 amide bonds. The van der Waals surface area contributed by atoms with E-state index in [2.05, 4.69) is 222 Å². The molecular weight excluding hydrogens is 1020 g/mol. The first-order valence-electron chi connectivity index (χ1n) is 33.6. The van der Waals surface area contributed by atoms with Gasteiger partial charge in [-0.3, -0.25) is 9.59 Å². The molecule has 0 spiro atoms.